The van der Waals surface area contributed by atoms with Gasteiger partial charge in [-0.05, 0) is 18.9 Å². The number of carbonyl (C=O) groups is 2. The SMILES string of the molecule is C=CCOC(=O)Nc1cc(C(=O)O)nnc1C1CC1. The van der Waals surface area contributed by atoms with E-state index in [9.17, 15) is 9.59 Å². The summed E-state index contributed by atoms with van der Waals surface area (Å²) < 4.78 is 4.79. The molecular weight excluding hydrogens is 250 g/mol. The number of hydrogen-bond donors (Lipinski definition) is 2. The zero-order valence-corrected chi connectivity index (χ0v) is 10.1. The summed E-state index contributed by atoms with van der Waals surface area (Å²) in [6.07, 6.45) is 2.68. The Hall–Kier alpha value is -2.44. The van der Waals surface area contributed by atoms with Crippen molar-refractivity contribution in [3.8, 4) is 0 Å². The maximum atomic E-state index is 11.5. The normalized spacial score (nSPS) is 13.7. The van der Waals surface area contributed by atoms with Crippen LogP contribution in [0.15, 0.2) is 18.7 Å². The van der Waals surface area contributed by atoms with Crippen LogP contribution in [0.1, 0.15) is 34.9 Å². The predicted octanol–water partition coefficient (Wildman–Crippen LogP) is 1.79. The summed E-state index contributed by atoms with van der Waals surface area (Å²) in [7, 11) is 0. The number of nitrogens with one attached hydrogen (secondary N) is 1. The number of carboxylic acid groups (broad SMARTS) is 1. The molecule has 1 amide bonds. The molecule has 2 rings (SSSR count). The molecule has 0 aliphatic heterocycles. The zero-order chi connectivity index (χ0) is 13.8. The van der Waals surface area contributed by atoms with E-state index in [1.807, 2.05) is 0 Å². The first-order valence-electron chi connectivity index (χ1n) is 5.77. The summed E-state index contributed by atoms with van der Waals surface area (Å²) >= 11 is 0. The van der Waals surface area contributed by atoms with Crippen LogP contribution in [-0.2, 0) is 4.74 Å². The fraction of sp³-hybridized carbons (Fsp3) is 0.333. The first kappa shape index (κ1) is 13.0. The third kappa shape index (κ3) is 3.27. The van der Waals surface area contributed by atoms with E-state index in [4.69, 9.17) is 9.84 Å². The second-order valence-electron chi connectivity index (χ2n) is 4.12. The number of aromatic carboxylic acids is 1. The fourth-order valence-corrected chi connectivity index (χ4v) is 1.54. The third-order valence-electron chi connectivity index (χ3n) is 2.57. The Balaban J connectivity index is 2.19. The van der Waals surface area contributed by atoms with Gasteiger partial charge in [-0.3, -0.25) is 5.32 Å². The molecule has 100 valence electrons. The van der Waals surface area contributed by atoms with Crippen LogP contribution in [0, 0.1) is 0 Å². The molecule has 1 aromatic heterocycles. The number of hydrogen-bond acceptors (Lipinski definition) is 5. The standard InChI is InChI=1S/C12H13N3O4/c1-2-5-19-12(18)13-8-6-9(11(16)17)14-15-10(8)7-3-4-7/h2,6-7H,1,3-5H2,(H,16,17)(H,13,14,18). The van der Waals surface area contributed by atoms with Gasteiger partial charge in [-0.2, -0.15) is 5.10 Å². The summed E-state index contributed by atoms with van der Waals surface area (Å²) in [6, 6.07) is 1.29. The van der Waals surface area contributed by atoms with Crippen LogP contribution in [0.3, 0.4) is 0 Å². The van der Waals surface area contributed by atoms with Gasteiger partial charge in [-0.15, -0.1) is 5.10 Å². The van der Waals surface area contributed by atoms with Crippen LogP contribution < -0.4 is 5.32 Å². The summed E-state index contributed by atoms with van der Waals surface area (Å²) in [5.74, 6) is -0.970. The molecule has 2 N–H and O–H groups in total. The van der Waals surface area contributed by atoms with Crippen molar-refractivity contribution in [2.75, 3.05) is 11.9 Å². The number of anilines is 1. The summed E-state index contributed by atoms with van der Waals surface area (Å²) in [4.78, 5) is 22.3. The zero-order valence-electron chi connectivity index (χ0n) is 10.1. The molecule has 0 unspecified atom stereocenters. The largest absolute Gasteiger partial charge is 0.476 e. The molecule has 0 spiro atoms. The van der Waals surface area contributed by atoms with E-state index >= 15 is 0 Å². The maximum absolute atomic E-state index is 11.5. The van der Waals surface area contributed by atoms with Gasteiger partial charge in [-0.25, -0.2) is 9.59 Å². The lowest BCUT2D eigenvalue weighted by atomic mass is 10.2. The number of ether oxygens (including phenoxy) is 1. The van der Waals surface area contributed by atoms with Gasteiger partial charge in [-0.1, -0.05) is 12.7 Å². The van der Waals surface area contributed by atoms with Crippen LogP contribution in [0.2, 0.25) is 0 Å². The molecule has 1 aromatic rings. The average Bonchev–Trinajstić information content (AvgIpc) is 3.20. The van der Waals surface area contributed by atoms with Crippen LogP contribution in [0.4, 0.5) is 10.5 Å². The highest BCUT2D eigenvalue weighted by atomic mass is 16.5. The fourth-order valence-electron chi connectivity index (χ4n) is 1.54. The molecule has 1 saturated carbocycles. The number of aromatic nitrogens is 2. The average molecular weight is 263 g/mol. The molecule has 1 aliphatic carbocycles. The summed E-state index contributed by atoms with van der Waals surface area (Å²) in [6.45, 7) is 3.51. The minimum atomic E-state index is -1.20. The van der Waals surface area contributed by atoms with E-state index in [0.717, 1.165) is 12.8 Å². The van der Waals surface area contributed by atoms with Crippen LogP contribution in [-0.4, -0.2) is 34.0 Å². The van der Waals surface area contributed by atoms with Gasteiger partial charge in [0.1, 0.15) is 6.61 Å². The van der Waals surface area contributed by atoms with Crippen LogP contribution >= 0.6 is 0 Å². The molecule has 1 heterocycles. The lowest BCUT2D eigenvalue weighted by Crippen LogP contribution is -2.17. The van der Waals surface area contributed by atoms with Crippen molar-refractivity contribution in [1.82, 2.24) is 10.2 Å². The molecule has 0 saturated heterocycles. The highest BCUT2D eigenvalue weighted by Gasteiger charge is 2.29. The molecule has 1 fully saturated rings. The number of rotatable bonds is 5. The van der Waals surface area contributed by atoms with E-state index < -0.39 is 12.1 Å². The van der Waals surface area contributed by atoms with E-state index in [-0.39, 0.29) is 18.2 Å². The van der Waals surface area contributed by atoms with Crippen molar-refractivity contribution in [1.29, 1.82) is 0 Å². The minimum absolute atomic E-state index is 0.0783. The lowest BCUT2D eigenvalue weighted by Gasteiger charge is -2.09. The van der Waals surface area contributed by atoms with Crippen LogP contribution in [0.25, 0.3) is 0 Å². The minimum Gasteiger partial charge on any atom is -0.476 e. The molecule has 7 heteroatoms. The number of amides is 1. The molecule has 7 nitrogen and oxygen atoms in total. The highest BCUT2D eigenvalue weighted by molar-refractivity contribution is 5.90. The summed E-state index contributed by atoms with van der Waals surface area (Å²) in [5.41, 5.74) is 0.716. The van der Waals surface area contributed by atoms with E-state index in [0.29, 0.717) is 11.4 Å². The Morgan fingerprint density at radius 1 is 1.53 bits per heavy atom. The summed E-state index contributed by atoms with van der Waals surface area (Å²) in [5, 5.41) is 18.8. The van der Waals surface area contributed by atoms with Gasteiger partial charge < -0.3 is 9.84 Å². The van der Waals surface area contributed by atoms with Crippen molar-refractivity contribution in [3.63, 3.8) is 0 Å². The molecule has 1 aliphatic rings. The Kier molecular flexibility index (Phi) is 3.74. The van der Waals surface area contributed by atoms with Gasteiger partial charge in [0.15, 0.2) is 5.69 Å². The smallest absolute Gasteiger partial charge is 0.411 e. The molecule has 0 atom stereocenters. The van der Waals surface area contributed by atoms with E-state index in [1.165, 1.54) is 12.1 Å². The molecule has 0 radical (unpaired) electrons. The van der Waals surface area contributed by atoms with Crippen molar-refractivity contribution in [3.05, 3.63) is 30.1 Å². The molecular formula is C12H13N3O4. The first-order chi connectivity index (χ1) is 9.11. The Labute approximate surface area is 109 Å². The predicted molar refractivity (Wildman–Crippen MR) is 66.1 cm³/mol. The van der Waals surface area contributed by atoms with E-state index in [2.05, 4.69) is 22.1 Å². The van der Waals surface area contributed by atoms with E-state index in [1.54, 1.807) is 0 Å². The second kappa shape index (κ2) is 5.47. The maximum Gasteiger partial charge on any atom is 0.411 e. The first-order valence-corrected chi connectivity index (χ1v) is 5.77. The molecule has 0 aromatic carbocycles. The van der Waals surface area contributed by atoms with Gasteiger partial charge in [0.05, 0.1) is 11.4 Å². The Morgan fingerprint density at radius 2 is 2.26 bits per heavy atom. The quantitative estimate of drug-likeness (QED) is 0.785. The molecule has 0 bridgehead atoms. The van der Waals surface area contributed by atoms with Crippen molar-refractivity contribution in [2.45, 2.75) is 18.8 Å². The van der Waals surface area contributed by atoms with Gasteiger partial charge in [0.2, 0.25) is 0 Å². The van der Waals surface area contributed by atoms with Gasteiger partial charge in [0, 0.05) is 5.92 Å². The van der Waals surface area contributed by atoms with Crippen molar-refractivity contribution >= 4 is 17.7 Å². The number of carboxylic acids is 1. The molecule has 19 heavy (non-hydrogen) atoms. The van der Waals surface area contributed by atoms with Gasteiger partial charge in [0.25, 0.3) is 0 Å². The Bertz CT molecular complexity index is 526. The van der Waals surface area contributed by atoms with Crippen molar-refractivity contribution in [2.24, 2.45) is 0 Å². The Morgan fingerprint density at radius 3 is 2.84 bits per heavy atom. The topological polar surface area (TPSA) is 101 Å². The van der Waals surface area contributed by atoms with Gasteiger partial charge >= 0.3 is 12.1 Å². The number of carbonyl (C=O) groups excluding carboxylic acids is 1. The number of nitrogens with zero attached hydrogens (tertiary/aromatic N) is 2. The lowest BCUT2D eigenvalue weighted by molar-refractivity contribution is 0.0689. The highest BCUT2D eigenvalue weighted by Crippen LogP contribution is 2.42. The van der Waals surface area contributed by atoms with Crippen molar-refractivity contribution < 1.29 is 19.4 Å². The van der Waals surface area contributed by atoms with Crippen LogP contribution in [0.5, 0.6) is 0 Å². The monoisotopic (exact) mass is 263 g/mol. The second-order valence-corrected chi connectivity index (χ2v) is 4.12. The third-order valence-corrected chi connectivity index (χ3v) is 2.57.